The quantitative estimate of drug-likeness (QED) is 0.827. The molecule has 0 fully saturated rings. The monoisotopic (exact) mass is 237 g/mol. The summed E-state index contributed by atoms with van der Waals surface area (Å²) in [6.45, 7) is 0.0651. The van der Waals surface area contributed by atoms with E-state index in [1.165, 1.54) is 24.3 Å². The second-order valence-electron chi connectivity index (χ2n) is 3.55. The van der Waals surface area contributed by atoms with Gasteiger partial charge < -0.3 is 10.4 Å². The largest absolute Gasteiger partial charge is 0.477 e. The molecule has 5 heteroatoms. The van der Waals surface area contributed by atoms with Crippen molar-refractivity contribution in [3.05, 3.63) is 53.2 Å². The molecule has 2 rings (SSSR count). The Morgan fingerprint density at radius 1 is 1.24 bits per heavy atom. The maximum absolute atomic E-state index is 13.7. The number of halogens is 2. The Morgan fingerprint density at radius 2 is 1.88 bits per heavy atom. The molecule has 1 aromatic carbocycles. The van der Waals surface area contributed by atoms with Gasteiger partial charge in [0.2, 0.25) is 0 Å². The average Bonchev–Trinajstić information content (AvgIpc) is 2.30. The van der Waals surface area contributed by atoms with Gasteiger partial charge in [0.25, 0.3) is 0 Å². The first-order chi connectivity index (χ1) is 8.08. The number of hydrogen-bond donors (Lipinski definition) is 2. The zero-order chi connectivity index (χ0) is 12.4. The van der Waals surface area contributed by atoms with E-state index in [4.69, 9.17) is 5.11 Å². The summed E-state index contributed by atoms with van der Waals surface area (Å²) in [5.74, 6) is -2.23. The molecule has 0 atom stereocenters. The van der Waals surface area contributed by atoms with Crippen molar-refractivity contribution >= 4 is 11.5 Å². The fourth-order valence-electron chi connectivity index (χ4n) is 1.56. The van der Waals surface area contributed by atoms with Crippen LogP contribution in [0, 0.1) is 5.82 Å². The molecular weight excluding hydrogens is 228 g/mol. The number of benzene rings is 1. The minimum atomic E-state index is -1.21. The Kier molecular flexibility index (Phi) is 2.91. The Hall–Kier alpha value is -2.17. The first-order valence-electron chi connectivity index (χ1n) is 4.91. The summed E-state index contributed by atoms with van der Waals surface area (Å²) >= 11 is 0. The van der Waals surface area contributed by atoms with E-state index in [0.29, 0.717) is 11.1 Å². The second kappa shape index (κ2) is 4.37. The number of aliphatic carboxylic acids is 1. The molecule has 17 heavy (non-hydrogen) atoms. The predicted molar refractivity (Wildman–Crippen MR) is 58.1 cm³/mol. The molecule has 1 aliphatic rings. The summed E-state index contributed by atoms with van der Waals surface area (Å²) < 4.78 is 26.4. The predicted octanol–water partition coefficient (Wildman–Crippen LogP) is 2.08. The van der Waals surface area contributed by atoms with E-state index in [1.807, 2.05) is 0 Å². The molecule has 0 spiro atoms. The van der Waals surface area contributed by atoms with Crippen molar-refractivity contribution in [1.82, 2.24) is 5.32 Å². The molecule has 0 saturated carbocycles. The van der Waals surface area contributed by atoms with Crippen LogP contribution in [0.5, 0.6) is 0 Å². The summed E-state index contributed by atoms with van der Waals surface area (Å²) in [5.41, 5.74) is 0.653. The Labute approximate surface area is 96.1 Å². The normalized spacial score (nSPS) is 15.3. The zero-order valence-corrected chi connectivity index (χ0v) is 8.71. The average molecular weight is 237 g/mol. The molecule has 1 heterocycles. The lowest BCUT2D eigenvalue weighted by Gasteiger charge is -2.16. The number of rotatable bonds is 2. The standard InChI is InChI=1S/C12H9F2NO2/c13-8-3-1-7(2-4-8)9-6-15-11(12(16)17)5-10(9)14/h1-5,15H,6H2,(H,16,17). The molecule has 0 saturated heterocycles. The van der Waals surface area contributed by atoms with Gasteiger partial charge in [-0.1, -0.05) is 12.1 Å². The highest BCUT2D eigenvalue weighted by atomic mass is 19.1. The Morgan fingerprint density at radius 3 is 2.41 bits per heavy atom. The lowest BCUT2D eigenvalue weighted by atomic mass is 10.0. The molecule has 1 aliphatic heterocycles. The molecule has 0 radical (unpaired) electrons. The maximum atomic E-state index is 13.7. The van der Waals surface area contributed by atoms with Crippen molar-refractivity contribution in [2.24, 2.45) is 0 Å². The highest BCUT2D eigenvalue weighted by molar-refractivity contribution is 5.89. The molecule has 0 bridgehead atoms. The molecule has 1 aromatic rings. The van der Waals surface area contributed by atoms with Crippen LogP contribution >= 0.6 is 0 Å². The summed E-state index contributed by atoms with van der Waals surface area (Å²) in [4.78, 5) is 10.6. The SMILES string of the molecule is O=C(O)C1=CC(F)=C(c2ccc(F)cc2)CN1. The fourth-order valence-corrected chi connectivity index (χ4v) is 1.56. The van der Waals surface area contributed by atoms with Gasteiger partial charge in [-0.25, -0.2) is 13.6 Å². The van der Waals surface area contributed by atoms with Crippen LogP contribution in [0.1, 0.15) is 5.56 Å². The van der Waals surface area contributed by atoms with Gasteiger partial charge >= 0.3 is 5.97 Å². The molecular formula is C12H9F2NO2. The first-order valence-corrected chi connectivity index (χ1v) is 4.91. The van der Waals surface area contributed by atoms with Crippen LogP contribution in [0.2, 0.25) is 0 Å². The van der Waals surface area contributed by atoms with E-state index in [-0.39, 0.29) is 12.2 Å². The minimum absolute atomic E-state index is 0.0651. The third kappa shape index (κ3) is 2.33. The summed E-state index contributed by atoms with van der Waals surface area (Å²) in [6, 6.07) is 5.36. The minimum Gasteiger partial charge on any atom is -0.477 e. The van der Waals surface area contributed by atoms with Crippen LogP contribution in [0.4, 0.5) is 8.78 Å². The van der Waals surface area contributed by atoms with Gasteiger partial charge in [-0.2, -0.15) is 0 Å². The number of carboxylic acids is 1. The third-order valence-electron chi connectivity index (χ3n) is 2.44. The number of hydrogen-bond acceptors (Lipinski definition) is 2. The topological polar surface area (TPSA) is 49.3 Å². The van der Waals surface area contributed by atoms with E-state index in [0.717, 1.165) is 6.08 Å². The third-order valence-corrected chi connectivity index (χ3v) is 2.44. The van der Waals surface area contributed by atoms with Crippen LogP contribution < -0.4 is 5.32 Å². The summed E-state index contributed by atoms with van der Waals surface area (Å²) in [6.07, 6.45) is 0.921. The Bertz CT molecular complexity index is 518. The van der Waals surface area contributed by atoms with Crippen molar-refractivity contribution in [2.75, 3.05) is 6.54 Å². The van der Waals surface area contributed by atoms with E-state index in [1.54, 1.807) is 0 Å². The van der Waals surface area contributed by atoms with Crippen molar-refractivity contribution in [2.45, 2.75) is 0 Å². The molecule has 2 N–H and O–H groups in total. The second-order valence-corrected chi connectivity index (χ2v) is 3.55. The highest BCUT2D eigenvalue weighted by Crippen LogP contribution is 2.24. The summed E-state index contributed by atoms with van der Waals surface area (Å²) in [7, 11) is 0. The smallest absolute Gasteiger partial charge is 0.352 e. The van der Waals surface area contributed by atoms with E-state index < -0.39 is 17.6 Å². The van der Waals surface area contributed by atoms with Crippen molar-refractivity contribution in [1.29, 1.82) is 0 Å². The molecule has 0 unspecified atom stereocenters. The molecule has 3 nitrogen and oxygen atoms in total. The van der Waals surface area contributed by atoms with Gasteiger partial charge in [-0.05, 0) is 17.7 Å². The van der Waals surface area contributed by atoms with Crippen LogP contribution in [-0.4, -0.2) is 17.6 Å². The molecule has 0 aromatic heterocycles. The number of dihydropyridines is 1. The summed E-state index contributed by atoms with van der Waals surface area (Å²) in [5, 5.41) is 11.3. The van der Waals surface area contributed by atoms with Crippen molar-refractivity contribution in [3.63, 3.8) is 0 Å². The number of nitrogens with one attached hydrogen (secondary N) is 1. The number of allylic oxidation sites excluding steroid dienone is 2. The van der Waals surface area contributed by atoms with Crippen LogP contribution in [0.25, 0.3) is 5.57 Å². The van der Waals surface area contributed by atoms with Gasteiger partial charge in [0.05, 0.1) is 0 Å². The molecule has 0 aliphatic carbocycles. The van der Waals surface area contributed by atoms with Gasteiger partial charge in [-0.15, -0.1) is 0 Å². The van der Waals surface area contributed by atoms with Gasteiger partial charge in [-0.3, -0.25) is 0 Å². The van der Waals surface area contributed by atoms with E-state index in [9.17, 15) is 13.6 Å². The van der Waals surface area contributed by atoms with Crippen molar-refractivity contribution in [3.8, 4) is 0 Å². The lowest BCUT2D eigenvalue weighted by molar-refractivity contribution is -0.133. The van der Waals surface area contributed by atoms with Gasteiger partial charge in [0, 0.05) is 18.2 Å². The lowest BCUT2D eigenvalue weighted by Crippen LogP contribution is -2.25. The number of carbonyl (C=O) groups is 1. The van der Waals surface area contributed by atoms with Gasteiger partial charge in [0.15, 0.2) is 0 Å². The van der Waals surface area contributed by atoms with Crippen molar-refractivity contribution < 1.29 is 18.7 Å². The van der Waals surface area contributed by atoms with Crippen LogP contribution in [-0.2, 0) is 4.79 Å². The fraction of sp³-hybridized carbons (Fsp3) is 0.0833. The van der Waals surface area contributed by atoms with E-state index in [2.05, 4.69) is 5.32 Å². The highest BCUT2D eigenvalue weighted by Gasteiger charge is 2.18. The van der Waals surface area contributed by atoms with Crippen LogP contribution in [0.15, 0.2) is 41.9 Å². The molecule has 88 valence electrons. The molecule has 0 amide bonds. The van der Waals surface area contributed by atoms with Gasteiger partial charge in [0.1, 0.15) is 17.3 Å². The Balaban J connectivity index is 2.37. The number of carboxylic acid groups (broad SMARTS) is 1. The zero-order valence-electron chi connectivity index (χ0n) is 8.71. The van der Waals surface area contributed by atoms with E-state index >= 15 is 0 Å². The first kappa shape index (κ1) is 11.3. The maximum Gasteiger partial charge on any atom is 0.352 e. The van der Waals surface area contributed by atoms with Crippen LogP contribution in [0.3, 0.4) is 0 Å².